The normalized spacial score (nSPS) is 8.29. The van der Waals surface area contributed by atoms with E-state index in [0.717, 1.165) is 0 Å². The van der Waals surface area contributed by atoms with E-state index in [1.54, 1.807) is 0 Å². The van der Waals surface area contributed by atoms with Crippen molar-refractivity contribution in [3.8, 4) is 0 Å². The molecule has 0 aliphatic rings. The molecule has 0 aromatic heterocycles. The van der Waals surface area contributed by atoms with Crippen molar-refractivity contribution >= 4 is 43.9 Å². The summed E-state index contributed by atoms with van der Waals surface area (Å²) >= 11 is 0. The third-order valence-electron chi connectivity index (χ3n) is 0. The molecule has 8 nitrogen and oxygen atoms in total. The van der Waals surface area contributed by atoms with Gasteiger partial charge in [0, 0.05) is 10.4 Å². The van der Waals surface area contributed by atoms with Gasteiger partial charge >= 0.3 is 82.2 Å². The molecule has 0 aromatic rings. The molecule has 0 fully saturated rings. The Kier molecular flexibility index (Phi) is 40.6. The Morgan fingerprint density at radius 3 is 0.857 bits per heavy atom. The van der Waals surface area contributed by atoms with E-state index in [4.69, 9.17) is 35.0 Å². The van der Waals surface area contributed by atoms with Crippen molar-refractivity contribution in [2.24, 2.45) is 0 Å². The van der Waals surface area contributed by atoms with E-state index in [1.807, 2.05) is 0 Å². The molecule has 0 aliphatic heterocycles. The van der Waals surface area contributed by atoms with Crippen molar-refractivity contribution in [2.75, 3.05) is 0 Å². The maximum atomic E-state index is 8.63. The molecule has 0 bridgehead atoms. The van der Waals surface area contributed by atoms with Crippen molar-refractivity contribution in [3.05, 3.63) is 0 Å². The van der Waals surface area contributed by atoms with Crippen LogP contribution in [0.25, 0.3) is 0 Å². The van der Waals surface area contributed by atoms with Crippen LogP contribution in [0.4, 0.5) is 0 Å². The fraction of sp³-hybridized carbons (Fsp3) is 0. The Labute approximate surface area is 148 Å². The summed E-state index contributed by atoms with van der Waals surface area (Å²) < 4.78 is 66.9. The SMILES string of the molecule is O=S(=O)([O-])O.O=S(=O)([O-])[O-].[Cl-].[Mg+2].[Na+].[Na+]. The van der Waals surface area contributed by atoms with Crippen LogP contribution in [0.5, 0.6) is 0 Å². The Hall–Kier alpha value is 2.80. The molecule has 0 saturated carbocycles. The van der Waals surface area contributed by atoms with E-state index in [1.165, 1.54) is 0 Å². The second-order valence-electron chi connectivity index (χ2n) is 0.836. The van der Waals surface area contributed by atoms with E-state index in [0.29, 0.717) is 0 Å². The zero-order chi connectivity index (χ0) is 9.00. The first-order valence-electron chi connectivity index (χ1n) is 1.35. The first-order valence-corrected chi connectivity index (χ1v) is 4.05. The molecule has 0 heterocycles. The topological polar surface area (TPSA) is 158 Å². The summed E-state index contributed by atoms with van der Waals surface area (Å²) in [4.78, 5) is 0. The van der Waals surface area contributed by atoms with Crippen molar-refractivity contribution < 1.29 is 107 Å². The average molecular weight is 299 g/mol. The summed E-state index contributed by atoms with van der Waals surface area (Å²) in [6, 6.07) is 0. The molecule has 72 valence electrons. The van der Waals surface area contributed by atoms with Gasteiger partial charge in [-0.25, -0.2) is 8.42 Å². The Balaban J connectivity index is -0.0000000178. The predicted octanol–water partition coefficient (Wildman–Crippen LogP) is -11.7. The minimum atomic E-state index is -5.17. The van der Waals surface area contributed by atoms with Gasteiger partial charge in [0.15, 0.2) is 0 Å². The van der Waals surface area contributed by atoms with Crippen molar-refractivity contribution in [1.29, 1.82) is 0 Å². The van der Waals surface area contributed by atoms with Crippen LogP contribution in [-0.2, 0) is 20.8 Å². The number of halogens is 1. The molecule has 0 unspecified atom stereocenters. The Bertz CT molecular complexity index is 222. The van der Waals surface area contributed by atoms with E-state index < -0.39 is 20.8 Å². The van der Waals surface area contributed by atoms with Crippen LogP contribution in [0, 0.1) is 0 Å². The van der Waals surface area contributed by atoms with E-state index in [-0.39, 0.29) is 94.6 Å². The van der Waals surface area contributed by atoms with Crippen LogP contribution >= 0.6 is 0 Å². The van der Waals surface area contributed by atoms with Gasteiger partial charge in [0.25, 0.3) is 0 Å². The van der Waals surface area contributed by atoms with Crippen LogP contribution in [0.3, 0.4) is 0 Å². The molecule has 0 saturated heterocycles. The summed E-state index contributed by atoms with van der Waals surface area (Å²) in [7, 11) is -10.1. The van der Waals surface area contributed by atoms with Gasteiger partial charge in [-0.2, -0.15) is 0 Å². The summed E-state index contributed by atoms with van der Waals surface area (Å²) in [5, 5.41) is 0. The van der Waals surface area contributed by atoms with Gasteiger partial charge in [-0.15, -0.1) is 0 Å². The van der Waals surface area contributed by atoms with Crippen molar-refractivity contribution in [1.82, 2.24) is 0 Å². The molecular weight excluding hydrogens is 298 g/mol. The van der Waals surface area contributed by atoms with Gasteiger partial charge in [-0.05, 0) is 0 Å². The molecule has 0 rings (SSSR count). The fourth-order valence-electron chi connectivity index (χ4n) is 0. The predicted molar refractivity (Wildman–Crippen MR) is 28.6 cm³/mol. The molecule has 1 N–H and O–H groups in total. The molecule has 0 amide bonds. The second kappa shape index (κ2) is 15.8. The summed E-state index contributed by atoms with van der Waals surface area (Å²) in [5.41, 5.74) is 0. The van der Waals surface area contributed by atoms with Gasteiger partial charge in [-0.1, -0.05) is 0 Å². The van der Waals surface area contributed by atoms with Gasteiger partial charge in [0.1, 0.15) is 0 Å². The number of hydrogen-bond donors (Lipinski definition) is 1. The monoisotopic (exact) mass is 298 g/mol. The third kappa shape index (κ3) is 360. The molecule has 14 heavy (non-hydrogen) atoms. The van der Waals surface area contributed by atoms with Crippen LogP contribution in [0.1, 0.15) is 0 Å². The van der Waals surface area contributed by atoms with Crippen LogP contribution in [0.15, 0.2) is 0 Å². The van der Waals surface area contributed by atoms with E-state index in [2.05, 4.69) is 0 Å². The number of hydrogen-bond acceptors (Lipinski definition) is 7. The molecule has 0 aromatic carbocycles. The zero-order valence-electron chi connectivity index (χ0n) is 7.21. The Morgan fingerprint density at radius 2 is 0.857 bits per heavy atom. The van der Waals surface area contributed by atoms with Crippen molar-refractivity contribution in [2.45, 2.75) is 0 Å². The first-order chi connectivity index (χ1) is 4.00. The van der Waals surface area contributed by atoms with Crippen LogP contribution in [-0.4, -0.2) is 58.1 Å². The minimum Gasteiger partial charge on any atom is -1.00 e. The molecular formula is HClMgNa2O8S2. The standard InChI is InChI=1S/ClH.Mg.2Na.2H2O4S/c;;;;2*1-5(2,3)4/h1H;;;;2*(H2,1,2,3,4)/q;+2;2*+1;;/p-4. The van der Waals surface area contributed by atoms with Gasteiger partial charge in [0.05, 0.1) is 0 Å². The fourth-order valence-corrected chi connectivity index (χ4v) is 0. The average Bonchev–Trinajstić information content (AvgIpc) is 1.12. The van der Waals surface area contributed by atoms with E-state index in [9.17, 15) is 0 Å². The molecule has 0 atom stereocenters. The summed E-state index contributed by atoms with van der Waals surface area (Å²) in [5.74, 6) is 0. The maximum absolute atomic E-state index is 8.63. The maximum Gasteiger partial charge on any atom is 2.00 e. The van der Waals surface area contributed by atoms with Crippen LogP contribution in [0.2, 0.25) is 0 Å². The summed E-state index contributed by atoms with van der Waals surface area (Å²) in [6.07, 6.45) is 0. The molecule has 14 heteroatoms. The smallest absolute Gasteiger partial charge is 1.00 e. The van der Waals surface area contributed by atoms with Crippen LogP contribution < -0.4 is 71.5 Å². The second-order valence-corrected chi connectivity index (χ2v) is 2.51. The Morgan fingerprint density at radius 1 is 0.857 bits per heavy atom. The molecule has 0 radical (unpaired) electrons. The third-order valence-corrected chi connectivity index (χ3v) is 0. The molecule has 0 spiro atoms. The largest absolute Gasteiger partial charge is 2.00 e. The zero-order valence-corrected chi connectivity index (χ0v) is 15.0. The quantitative estimate of drug-likeness (QED) is 0.262. The molecule has 0 aliphatic carbocycles. The van der Waals surface area contributed by atoms with Gasteiger partial charge in [-0.3, -0.25) is 13.0 Å². The van der Waals surface area contributed by atoms with Gasteiger partial charge in [0.2, 0.25) is 10.4 Å². The van der Waals surface area contributed by atoms with E-state index >= 15 is 0 Å². The van der Waals surface area contributed by atoms with Gasteiger partial charge < -0.3 is 26.1 Å². The first kappa shape index (κ1) is 36.0. The number of rotatable bonds is 0. The van der Waals surface area contributed by atoms with Crippen molar-refractivity contribution in [3.63, 3.8) is 0 Å². The minimum absolute atomic E-state index is 0. The summed E-state index contributed by atoms with van der Waals surface area (Å²) in [6.45, 7) is 0.